The molecule has 1 saturated heterocycles. The molecular weight excluding hydrogens is 440 g/mol. The molecule has 34 heavy (non-hydrogen) atoms. The molecule has 0 unspecified atom stereocenters. The summed E-state index contributed by atoms with van der Waals surface area (Å²) in [5, 5.41) is 4.21. The number of aromatic nitrogens is 1. The zero-order valence-corrected chi connectivity index (χ0v) is 20.6. The molecule has 0 bridgehead atoms. The second-order valence-corrected chi connectivity index (χ2v) is 10.2. The van der Waals surface area contributed by atoms with Gasteiger partial charge in [-0.05, 0) is 71.9 Å². The Morgan fingerprint density at radius 3 is 2.38 bits per heavy atom. The quantitative estimate of drug-likeness (QED) is 0.459. The summed E-state index contributed by atoms with van der Waals surface area (Å²) < 4.78 is 16.4. The van der Waals surface area contributed by atoms with E-state index in [1.165, 1.54) is 0 Å². The third kappa shape index (κ3) is 7.19. The maximum absolute atomic E-state index is 12.1. The van der Waals surface area contributed by atoms with Gasteiger partial charge in [-0.3, -0.25) is 4.84 Å². The predicted molar refractivity (Wildman–Crippen MR) is 127 cm³/mol. The van der Waals surface area contributed by atoms with Gasteiger partial charge in [0.15, 0.2) is 0 Å². The second-order valence-electron chi connectivity index (χ2n) is 10.2. The Kier molecular flexibility index (Phi) is 7.52. The maximum Gasteiger partial charge on any atom is 0.410 e. The first-order valence-electron chi connectivity index (χ1n) is 11.2. The van der Waals surface area contributed by atoms with Crippen molar-refractivity contribution in [3.8, 4) is 5.75 Å². The average molecular weight is 475 g/mol. The van der Waals surface area contributed by atoms with Crippen LogP contribution in [-0.2, 0) is 19.1 Å². The van der Waals surface area contributed by atoms with E-state index >= 15 is 0 Å². The number of carbonyl (C=O) groups excluding carboxylic acids is 2. The van der Waals surface area contributed by atoms with Gasteiger partial charge in [0.2, 0.25) is 6.10 Å². The van der Waals surface area contributed by atoms with E-state index in [2.05, 4.69) is 10.3 Å². The van der Waals surface area contributed by atoms with E-state index < -0.39 is 23.3 Å². The Hall–Kier alpha value is -3.11. The van der Waals surface area contributed by atoms with Crippen LogP contribution in [0.25, 0.3) is 10.9 Å². The van der Waals surface area contributed by atoms with Gasteiger partial charge >= 0.3 is 12.1 Å². The lowest BCUT2D eigenvalue weighted by Gasteiger charge is -2.40. The van der Waals surface area contributed by atoms with Crippen LogP contribution in [0.5, 0.6) is 5.75 Å². The van der Waals surface area contributed by atoms with Gasteiger partial charge in [-0.2, -0.15) is 0 Å². The monoisotopic (exact) mass is 474 g/mol. The number of benzene rings is 1. The number of carbonyl (C=O) groups is 2. The number of nitrogens with zero attached hydrogens (tertiary/aromatic N) is 2. The van der Waals surface area contributed by atoms with Crippen molar-refractivity contribution in [2.75, 3.05) is 25.0 Å². The number of nitrogens with one attached hydrogen (secondary N) is 1. The van der Waals surface area contributed by atoms with Crippen molar-refractivity contribution >= 4 is 28.8 Å². The Morgan fingerprint density at radius 2 is 1.76 bits per heavy atom. The molecule has 1 aliphatic heterocycles. The molecule has 3 rings (SSSR count). The van der Waals surface area contributed by atoms with Gasteiger partial charge in [0, 0.05) is 18.5 Å². The van der Waals surface area contributed by atoms with Gasteiger partial charge < -0.3 is 24.4 Å². The van der Waals surface area contributed by atoms with Crippen molar-refractivity contribution in [1.82, 2.24) is 9.88 Å². The molecule has 2 aromatic rings. The lowest BCUT2D eigenvalue weighted by atomic mass is 10.1. The zero-order valence-electron chi connectivity index (χ0n) is 20.6. The van der Waals surface area contributed by atoms with E-state index in [0.29, 0.717) is 18.8 Å². The van der Waals surface area contributed by atoms with Crippen molar-refractivity contribution in [3.05, 3.63) is 30.3 Å². The number of esters is 1. The summed E-state index contributed by atoms with van der Waals surface area (Å²) >= 11 is 0. The highest BCUT2D eigenvalue weighted by Crippen LogP contribution is 2.23. The minimum atomic E-state index is -1.04. The molecule has 3 N–H and O–H groups in total. The number of rotatable bonds is 7. The van der Waals surface area contributed by atoms with E-state index in [1.54, 1.807) is 31.7 Å². The van der Waals surface area contributed by atoms with E-state index in [1.807, 2.05) is 45.0 Å². The van der Waals surface area contributed by atoms with E-state index in [4.69, 9.17) is 24.9 Å². The predicted octanol–water partition coefficient (Wildman–Crippen LogP) is 3.25. The molecule has 1 fully saturated rings. The Labute approximate surface area is 199 Å². The molecule has 1 atom stereocenters. The average Bonchev–Trinajstić information content (AvgIpc) is 2.68. The van der Waals surface area contributed by atoms with Crippen LogP contribution in [-0.4, -0.2) is 65.0 Å². The summed E-state index contributed by atoms with van der Waals surface area (Å²) in [6.45, 7) is 11.9. The molecule has 1 amide bonds. The molecule has 0 radical (unpaired) electrons. The number of fused-ring (bicyclic) bond motifs is 1. The third-order valence-corrected chi connectivity index (χ3v) is 4.78. The highest BCUT2D eigenvalue weighted by molar-refractivity contribution is 5.82. The second kappa shape index (κ2) is 10.0. The molecule has 0 saturated carbocycles. The summed E-state index contributed by atoms with van der Waals surface area (Å²) in [7, 11) is 0. The van der Waals surface area contributed by atoms with Crippen LogP contribution in [0, 0.1) is 0 Å². The van der Waals surface area contributed by atoms with Crippen LogP contribution in [0.1, 0.15) is 41.5 Å². The zero-order chi connectivity index (χ0) is 25.1. The molecule has 186 valence electrons. The highest BCUT2D eigenvalue weighted by atomic mass is 16.7. The van der Waals surface area contributed by atoms with Gasteiger partial charge in [0.05, 0.1) is 11.6 Å². The smallest absolute Gasteiger partial charge is 0.410 e. The first kappa shape index (κ1) is 25.5. The lowest BCUT2D eigenvalue weighted by molar-refractivity contribution is -0.170. The number of pyridine rings is 1. The standard InChI is InChI=1S/C24H34N4O6/c1-23(2,3)32-21(29)19(34-25)14-31-17-8-9-18-15(11-17)7-10-20(27-18)26-16-12-28(13-16)22(30)33-24(4,5)6/h7-11,16,19H,12-14,25H2,1-6H3,(H,26,27)/t19-/m0/s1. The van der Waals surface area contributed by atoms with Gasteiger partial charge in [-0.1, -0.05) is 0 Å². The highest BCUT2D eigenvalue weighted by Gasteiger charge is 2.33. The van der Waals surface area contributed by atoms with Crippen LogP contribution in [0.2, 0.25) is 0 Å². The van der Waals surface area contributed by atoms with Crippen molar-refractivity contribution in [3.63, 3.8) is 0 Å². The SMILES string of the molecule is CC(C)(C)OC(=O)[C@H](COc1ccc2nc(NC3CN(C(=O)OC(C)(C)C)C3)ccc2c1)ON. The molecule has 10 nitrogen and oxygen atoms in total. The summed E-state index contributed by atoms with van der Waals surface area (Å²) in [6, 6.07) is 9.32. The number of hydrogen-bond acceptors (Lipinski definition) is 9. The van der Waals surface area contributed by atoms with Crippen LogP contribution in [0.4, 0.5) is 10.6 Å². The molecular formula is C24H34N4O6. The minimum absolute atomic E-state index is 0.0835. The topological polar surface area (TPSA) is 125 Å². The van der Waals surface area contributed by atoms with E-state index in [-0.39, 0.29) is 18.7 Å². The number of ether oxygens (including phenoxy) is 3. The molecule has 1 aromatic heterocycles. The minimum Gasteiger partial charge on any atom is -0.490 e. The van der Waals surface area contributed by atoms with Gasteiger partial charge in [-0.15, -0.1) is 0 Å². The van der Waals surface area contributed by atoms with E-state index in [0.717, 1.165) is 16.7 Å². The van der Waals surface area contributed by atoms with Gasteiger partial charge in [-0.25, -0.2) is 20.5 Å². The Balaban J connectivity index is 1.54. The summed E-state index contributed by atoms with van der Waals surface area (Å²) in [4.78, 5) is 35.2. The molecule has 1 aromatic carbocycles. The largest absolute Gasteiger partial charge is 0.490 e. The fourth-order valence-electron chi connectivity index (χ4n) is 3.23. The summed E-state index contributed by atoms with van der Waals surface area (Å²) in [5.74, 6) is 5.92. The number of anilines is 1. The number of hydrogen-bond donors (Lipinski definition) is 2. The fourth-order valence-corrected chi connectivity index (χ4v) is 3.23. The van der Waals surface area contributed by atoms with Gasteiger partial charge in [0.25, 0.3) is 0 Å². The number of amides is 1. The molecule has 0 spiro atoms. The third-order valence-electron chi connectivity index (χ3n) is 4.78. The normalized spacial score (nSPS) is 15.4. The maximum atomic E-state index is 12.1. The van der Waals surface area contributed by atoms with Crippen molar-refractivity contribution in [2.24, 2.45) is 5.90 Å². The molecule has 2 heterocycles. The first-order valence-corrected chi connectivity index (χ1v) is 11.2. The van der Waals surface area contributed by atoms with Crippen LogP contribution in [0.3, 0.4) is 0 Å². The van der Waals surface area contributed by atoms with Crippen molar-refractivity contribution in [1.29, 1.82) is 0 Å². The van der Waals surface area contributed by atoms with E-state index in [9.17, 15) is 9.59 Å². The Bertz CT molecular complexity index is 1020. The van der Waals surface area contributed by atoms with Crippen LogP contribution in [0.15, 0.2) is 30.3 Å². The fraction of sp³-hybridized carbons (Fsp3) is 0.542. The van der Waals surface area contributed by atoms with Crippen LogP contribution >= 0.6 is 0 Å². The van der Waals surface area contributed by atoms with Crippen molar-refractivity contribution in [2.45, 2.75) is 64.9 Å². The molecule has 10 heteroatoms. The molecule has 0 aliphatic carbocycles. The van der Waals surface area contributed by atoms with Crippen molar-refractivity contribution < 1.29 is 28.6 Å². The molecule has 1 aliphatic rings. The van der Waals surface area contributed by atoms with Crippen LogP contribution < -0.4 is 16.0 Å². The summed E-state index contributed by atoms with van der Waals surface area (Å²) in [6.07, 6.45) is -1.35. The number of likely N-dealkylation sites (tertiary alicyclic amines) is 1. The summed E-state index contributed by atoms with van der Waals surface area (Å²) in [5.41, 5.74) is -0.382. The Morgan fingerprint density at radius 1 is 1.09 bits per heavy atom. The lowest BCUT2D eigenvalue weighted by Crippen LogP contribution is -2.58. The number of nitrogens with two attached hydrogens (primary N) is 1. The van der Waals surface area contributed by atoms with Gasteiger partial charge in [0.1, 0.15) is 29.4 Å². The first-order chi connectivity index (χ1) is 15.8.